The number of carbonyl (C=O) groups excluding carboxylic acids is 1. The van der Waals surface area contributed by atoms with Gasteiger partial charge in [0, 0.05) is 18.9 Å². The van der Waals surface area contributed by atoms with Gasteiger partial charge in [-0.1, -0.05) is 49.7 Å². The Hall–Kier alpha value is -1.87. The molecule has 1 aromatic carbocycles. The third-order valence-corrected chi connectivity index (χ3v) is 3.44. The Kier molecular flexibility index (Phi) is 4.74. The highest BCUT2D eigenvalue weighted by molar-refractivity contribution is 6.33. The van der Waals surface area contributed by atoms with Gasteiger partial charge in [-0.2, -0.15) is 0 Å². The van der Waals surface area contributed by atoms with Crippen molar-refractivity contribution in [2.45, 2.75) is 26.3 Å². The van der Waals surface area contributed by atoms with Crippen LogP contribution in [0.15, 0.2) is 42.7 Å². The van der Waals surface area contributed by atoms with Crippen LogP contribution in [0.5, 0.6) is 0 Å². The number of amides is 1. The number of pyridine rings is 1. The average Bonchev–Trinajstić information content (AvgIpc) is 2.45. The Balaban J connectivity index is 1.98. The van der Waals surface area contributed by atoms with E-state index in [2.05, 4.69) is 36.3 Å². The van der Waals surface area contributed by atoms with E-state index in [1.165, 1.54) is 11.8 Å². The van der Waals surface area contributed by atoms with E-state index < -0.39 is 0 Å². The van der Waals surface area contributed by atoms with Crippen LogP contribution in [0.2, 0.25) is 5.02 Å². The summed E-state index contributed by atoms with van der Waals surface area (Å²) < 4.78 is 0. The van der Waals surface area contributed by atoms with E-state index in [-0.39, 0.29) is 5.91 Å². The molecular formula is C16H17ClN2O. The van der Waals surface area contributed by atoms with E-state index in [9.17, 15) is 4.79 Å². The molecule has 0 spiro atoms. The first kappa shape index (κ1) is 14.5. The molecule has 0 fully saturated rings. The Labute approximate surface area is 124 Å². The van der Waals surface area contributed by atoms with Crippen molar-refractivity contribution in [3.8, 4) is 0 Å². The standard InChI is InChI=1S/C16H17ClN2O/c1-11(2)13-5-3-12(4-6-13)9-19-16(20)14-10-18-8-7-15(14)17/h3-8,10-11H,9H2,1-2H3,(H,19,20). The van der Waals surface area contributed by atoms with Gasteiger partial charge in [0.2, 0.25) is 0 Å². The SMILES string of the molecule is CC(C)c1ccc(CNC(=O)c2cnccc2Cl)cc1. The summed E-state index contributed by atoms with van der Waals surface area (Å²) in [6.07, 6.45) is 3.03. The van der Waals surface area contributed by atoms with Gasteiger partial charge in [-0.05, 0) is 23.1 Å². The quantitative estimate of drug-likeness (QED) is 0.930. The predicted octanol–water partition coefficient (Wildman–Crippen LogP) is 3.79. The topological polar surface area (TPSA) is 42.0 Å². The lowest BCUT2D eigenvalue weighted by Gasteiger charge is -2.08. The number of aromatic nitrogens is 1. The maximum atomic E-state index is 12.0. The fraction of sp³-hybridized carbons (Fsp3) is 0.250. The van der Waals surface area contributed by atoms with Crippen molar-refractivity contribution in [2.75, 3.05) is 0 Å². The molecule has 0 saturated heterocycles. The van der Waals surface area contributed by atoms with Gasteiger partial charge in [0.15, 0.2) is 0 Å². The lowest BCUT2D eigenvalue weighted by molar-refractivity contribution is 0.0950. The van der Waals surface area contributed by atoms with Gasteiger partial charge in [-0.3, -0.25) is 9.78 Å². The summed E-state index contributed by atoms with van der Waals surface area (Å²) in [5.74, 6) is 0.295. The van der Waals surface area contributed by atoms with E-state index in [0.29, 0.717) is 23.0 Å². The first-order valence-corrected chi connectivity index (χ1v) is 6.92. The maximum Gasteiger partial charge on any atom is 0.254 e. The minimum atomic E-state index is -0.212. The molecule has 0 atom stereocenters. The number of hydrogen-bond donors (Lipinski definition) is 1. The first-order chi connectivity index (χ1) is 9.58. The summed E-state index contributed by atoms with van der Waals surface area (Å²) in [6, 6.07) is 9.83. The van der Waals surface area contributed by atoms with Crippen LogP contribution in [0.25, 0.3) is 0 Å². The molecule has 3 nitrogen and oxygen atoms in total. The highest BCUT2D eigenvalue weighted by atomic mass is 35.5. The zero-order valence-corrected chi connectivity index (χ0v) is 12.3. The summed E-state index contributed by atoms with van der Waals surface area (Å²) in [6.45, 7) is 4.78. The minimum absolute atomic E-state index is 0.212. The number of nitrogens with one attached hydrogen (secondary N) is 1. The number of hydrogen-bond acceptors (Lipinski definition) is 2. The Morgan fingerprint density at radius 2 is 1.95 bits per heavy atom. The van der Waals surface area contributed by atoms with Crippen LogP contribution < -0.4 is 5.32 Å². The summed E-state index contributed by atoms with van der Waals surface area (Å²) in [5.41, 5.74) is 2.74. The Morgan fingerprint density at radius 1 is 1.25 bits per heavy atom. The van der Waals surface area contributed by atoms with E-state index in [1.54, 1.807) is 12.3 Å². The van der Waals surface area contributed by atoms with Gasteiger partial charge >= 0.3 is 0 Å². The smallest absolute Gasteiger partial charge is 0.254 e. The molecule has 20 heavy (non-hydrogen) atoms. The molecule has 2 aromatic rings. The van der Waals surface area contributed by atoms with Crippen molar-refractivity contribution in [1.29, 1.82) is 0 Å². The molecule has 1 N–H and O–H groups in total. The van der Waals surface area contributed by atoms with E-state index in [1.807, 2.05) is 12.1 Å². The molecule has 2 rings (SSSR count). The number of nitrogens with zero attached hydrogens (tertiary/aromatic N) is 1. The van der Waals surface area contributed by atoms with Gasteiger partial charge in [-0.15, -0.1) is 0 Å². The van der Waals surface area contributed by atoms with Gasteiger partial charge < -0.3 is 5.32 Å². The second kappa shape index (κ2) is 6.53. The molecule has 4 heteroatoms. The zero-order valence-electron chi connectivity index (χ0n) is 11.6. The van der Waals surface area contributed by atoms with Crippen molar-refractivity contribution in [3.05, 3.63) is 64.4 Å². The molecule has 0 saturated carbocycles. The van der Waals surface area contributed by atoms with Gasteiger partial charge in [-0.25, -0.2) is 0 Å². The number of halogens is 1. The van der Waals surface area contributed by atoms with Crippen LogP contribution in [0, 0.1) is 0 Å². The normalized spacial score (nSPS) is 10.6. The van der Waals surface area contributed by atoms with Gasteiger partial charge in [0.25, 0.3) is 5.91 Å². The van der Waals surface area contributed by atoms with Crippen LogP contribution in [0.1, 0.15) is 41.3 Å². The molecule has 0 aliphatic heterocycles. The summed E-state index contributed by atoms with van der Waals surface area (Å²) in [4.78, 5) is 15.9. The van der Waals surface area contributed by atoms with Crippen LogP contribution in [-0.2, 0) is 6.54 Å². The van der Waals surface area contributed by atoms with Crippen molar-refractivity contribution in [1.82, 2.24) is 10.3 Å². The fourth-order valence-electron chi connectivity index (χ4n) is 1.84. The Bertz CT molecular complexity index is 594. The van der Waals surface area contributed by atoms with Crippen LogP contribution in [0.4, 0.5) is 0 Å². The van der Waals surface area contributed by atoms with Crippen molar-refractivity contribution >= 4 is 17.5 Å². The molecule has 1 heterocycles. The molecule has 1 amide bonds. The van der Waals surface area contributed by atoms with E-state index in [4.69, 9.17) is 11.6 Å². The highest BCUT2D eigenvalue weighted by Crippen LogP contribution is 2.15. The van der Waals surface area contributed by atoms with Crippen LogP contribution in [0.3, 0.4) is 0 Å². The highest BCUT2D eigenvalue weighted by Gasteiger charge is 2.09. The van der Waals surface area contributed by atoms with Crippen LogP contribution >= 0.6 is 11.6 Å². The number of carbonyl (C=O) groups is 1. The predicted molar refractivity (Wildman–Crippen MR) is 80.9 cm³/mol. The Morgan fingerprint density at radius 3 is 2.55 bits per heavy atom. The average molecular weight is 289 g/mol. The maximum absolute atomic E-state index is 12.0. The van der Waals surface area contributed by atoms with Crippen molar-refractivity contribution in [2.24, 2.45) is 0 Å². The van der Waals surface area contributed by atoms with E-state index >= 15 is 0 Å². The molecule has 0 bridgehead atoms. The molecule has 0 aliphatic carbocycles. The first-order valence-electron chi connectivity index (χ1n) is 6.54. The molecule has 1 aromatic heterocycles. The van der Waals surface area contributed by atoms with Gasteiger partial charge in [0.1, 0.15) is 0 Å². The minimum Gasteiger partial charge on any atom is -0.348 e. The zero-order chi connectivity index (χ0) is 14.5. The van der Waals surface area contributed by atoms with Crippen molar-refractivity contribution < 1.29 is 4.79 Å². The fourth-order valence-corrected chi connectivity index (χ4v) is 2.03. The third-order valence-electron chi connectivity index (χ3n) is 3.11. The summed E-state index contributed by atoms with van der Waals surface area (Å²) in [5, 5.41) is 3.25. The second-order valence-corrected chi connectivity index (χ2v) is 5.34. The number of rotatable bonds is 4. The summed E-state index contributed by atoms with van der Waals surface area (Å²) >= 11 is 5.96. The monoisotopic (exact) mass is 288 g/mol. The molecule has 0 aliphatic rings. The lowest BCUT2D eigenvalue weighted by Crippen LogP contribution is -2.23. The molecule has 0 radical (unpaired) electrons. The van der Waals surface area contributed by atoms with Gasteiger partial charge in [0.05, 0.1) is 10.6 Å². The lowest BCUT2D eigenvalue weighted by atomic mass is 10.0. The van der Waals surface area contributed by atoms with Crippen LogP contribution in [-0.4, -0.2) is 10.9 Å². The van der Waals surface area contributed by atoms with Crippen molar-refractivity contribution in [3.63, 3.8) is 0 Å². The largest absolute Gasteiger partial charge is 0.348 e. The number of benzene rings is 1. The summed E-state index contributed by atoms with van der Waals surface area (Å²) in [7, 11) is 0. The molecular weight excluding hydrogens is 272 g/mol. The molecule has 104 valence electrons. The molecule has 0 unspecified atom stereocenters. The second-order valence-electron chi connectivity index (χ2n) is 4.93. The van der Waals surface area contributed by atoms with E-state index in [0.717, 1.165) is 5.56 Å². The third kappa shape index (κ3) is 3.58.